The SMILES string of the molecule is CCOC1CN(CC(=O)Nc2cnc3c(c2)[nH]c(=O)c2c3nn3cc(-c4cccnc4OC)sc23)C1. The lowest BCUT2D eigenvalue weighted by Gasteiger charge is -2.38. The Labute approximate surface area is 208 Å². The monoisotopic (exact) mass is 505 g/mol. The molecule has 6 rings (SSSR count). The fourth-order valence-electron chi connectivity index (χ4n) is 4.48. The van der Waals surface area contributed by atoms with Crippen LogP contribution in [0.15, 0.2) is 41.6 Å². The third-order valence-electron chi connectivity index (χ3n) is 6.11. The average Bonchev–Trinajstić information content (AvgIpc) is 3.41. The van der Waals surface area contributed by atoms with Crippen molar-refractivity contribution < 1.29 is 14.3 Å². The van der Waals surface area contributed by atoms with Crippen molar-refractivity contribution >= 4 is 49.7 Å². The second kappa shape index (κ2) is 8.97. The number of ether oxygens (including phenoxy) is 2. The van der Waals surface area contributed by atoms with E-state index >= 15 is 0 Å². The Bertz CT molecular complexity index is 1670. The van der Waals surface area contributed by atoms with Gasteiger partial charge in [0, 0.05) is 32.1 Å². The molecule has 0 radical (unpaired) electrons. The number of fused-ring (bicyclic) bond motifs is 5. The van der Waals surface area contributed by atoms with Gasteiger partial charge in [-0.2, -0.15) is 5.10 Å². The summed E-state index contributed by atoms with van der Waals surface area (Å²) >= 11 is 1.43. The first kappa shape index (κ1) is 22.6. The zero-order valence-corrected chi connectivity index (χ0v) is 20.5. The smallest absolute Gasteiger partial charge is 0.261 e. The lowest BCUT2D eigenvalue weighted by Crippen LogP contribution is -2.54. The first-order valence-electron chi connectivity index (χ1n) is 11.5. The van der Waals surface area contributed by atoms with Gasteiger partial charge in [0.1, 0.15) is 21.3 Å². The van der Waals surface area contributed by atoms with E-state index in [0.29, 0.717) is 44.9 Å². The largest absolute Gasteiger partial charge is 0.481 e. The van der Waals surface area contributed by atoms with Crippen LogP contribution in [0, 0.1) is 0 Å². The highest BCUT2D eigenvalue weighted by Gasteiger charge is 2.28. The number of H-pyrrole nitrogens is 1. The Morgan fingerprint density at radius 2 is 2.17 bits per heavy atom. The number of anilines is 1. The molecule has 0 aromatic carbocycles. The molecule has 0 bridgehead atoms. The Kier molecular flexibility index (Phi) is 5.63. The van der Waals surface area contributed by atoms with Crippen LogP contribution in [0.25, 0.3) is 37.2 Å². The van der Waals surface area contributed by atoms with E-state index in [1.165, 1.54) is 11.3 Å². The van der Waals surface area contributed by atoms with Crippen molar-refractivity contribution in [3.63, 3.8) is 0 Å². The quantitative estimate of drug-likeness (QED) is 0.346. The third-order valence-corrected chi connectivity index (χ3v) is 7.24. The van der Waals surface area contributed by atoms with Gasteiger partial charge in [0.25, 0.3) is 5.56 Å². The van der Waals surface area contributed by atoms with E-state index in [2.05, 4.69) is 25.4 Å². The number of aromatic nitrogens is 5. The van der Waals surface area contributed by atoms with E-state index in [4.69, 9.17) is 9.47 Å². The molecule has 1 amide bonds. The van der Waals surface area contributed by atoms with Crippen LogP contribution in [-0.4, -0.2) is 74.8 Å². The fourth-order valence-corrected chi connectivity index (χ4v) is 5.58. The van der Waals surface area contributed by atoms with Gasteiger partial charge < -0.3 is 19.8 Å². The normalized spacial score (nSPS) is 14.5. The van der Waals surface area contributed by atoms with E-state index in [9.17, 15) is 9.59 Å². The van der Waals surface area contributed by atoms with Crippen LogP contribution in [0.3, 0.4) is 0 Å². The first-order chi connectivity index (χ1) is 17.5. The molecule has 6 heterocycles. The van der Waals surface area contributed by atoms with Crippen molar-refractivity contribution in [1.29, 1.82) is 0 Å². The number of methoxy groups -OCH3 is 1. The molecule has 12 heteroatoms. The molecular weight excluding hydrogens is 482 g/mol. The maximum atomic E-state index is 13.1. The number of hydrogen-bond acceptors (Lipinski definition) is 9. The standard InChI is InChI=1S/C24H23N7O4S/c1-3-35-14-9-30(10-14)12-18(32)27-13-7-16-20(26-8-13)21-19(22(33)28-16)24-31(29-21)11-17(36-24)15-5-4-6-25-23(15)34-2/h4-8,11,14H,3,9-10,12H2,1-2H3,(H,27,32)(H,28,33). The van der Waals surface area contributed by atoms with Gasteiger partial charge in [0.2, 0.25) is 11.8 Å². The molecule has 0 atom stereocenters. The molecule has 1 aliphatic heterocycles. The second-order valence-corrected chi connectivity index (χ2v) is 9.55. The van der Waals surface area contributed by atoms with E-state index in [-0.39, 0.29) is 24.1 Å². The fraction of sp³-hybridized carbons (Fsp3) is 0.292. The highest BCUT2D eigenvalue weighted by molar-refractivity contribution is 7.21. The Morgan fingerprint density at radius 1 is 1.31 bits per heavy atom. The summed E-state index contributed by atoms with van der Waals surface area (Å²) in [5.41, 5.74) is 2.63. The predicted molar refractivity (Wildman–Crippen MR) is 137 cm³/mol. The van der Waals surface area contributed by atoms with Gasteiger partial charge in [-0.15, -0.1) is 11.3 Å². The molecule has 5 aromatic rings. The number of hydrogen-bond donors (Lipinski definition) is 2. The molecule has 184 valence electrons. The molecule has 2 N–H and O–H groups in total. The lowest BCUT2D eigenvalue weighted by atomic mass is 10.1. The van der Waals surface area contributed by atoms with Crippen LogP contribution < -0.4 is 15.6 Å². The van der Waals surface area contributed by atoms with Crippen molar-refractivity contribution in [2.45, 2.75) is 13.0 Å². The van der Waals surface area contributed by atoms with Crippen LogP contribution in [0.4, 0.5) is 5.69 Å². The molecule has 36 heavy (non-hydrogen) atoms. The summed E-state index contributed by atoms with van der Waals surface area (Å²) in [7, 11) is 1.57. The second-order valence-electron chi connectivity index (χ2n) is 8.52. The maximum Gasteiger partial charge on any atom is 0.261 e. The molecule has 1 saturated heterocycles. The Morgan fingerprint density at radius 3 is 2.97 bits per heavy atom. The van der Waals surface area contributed by atoms with Crippen molar-refractivity contribution in [2.75, 3.05) is 38.7 Å². The predicted octanol–water partition coefficient (Wildman–Crippen LogP) is 2.52. The molecule has 1 aliphatic rings. The minimum absolute atomic E-state index is 0.143. The van der Waals surface area contributed by atoms with Crippen LogP contribution >= 0.6 is 11.3 Å². The number of pyridine rings is 3. The first-order valence-corrected chi connectivity index (χ1v) is 12.3. The number of carbonyl (C=O) groups is 1. The molecule has 0 aliphatic carbocycles. The number of likely N-dealkylation sites (tertiary alicyclic amines) is 1. The summed E-state index contributed by atoms with van der Waals surface area (Å²) in [4.78, 5) is 40.8. The summed E-state index contributed by atoms with van der Waals surface area (Å²) < 4.78 is 12.6. The van der Waals surface area contributed by atoms with Gasteiger partial charge in [-0.05, 0) is 25.1 Å². The topological polar surface area (TPSA) is 127 Å². The third kappa shape index (κ3) is 3.88. The zero-order valence-electron chi connectivity index (χ0n) is 19.6. The van der Waals surface area contributed by atoms with Gasteiger partial charge in [-0.3, -0.25) is 19.5 Å². The highest BCUT2D eigenvalue weighted by Crippen LogP contribution is 2.36. The van der Waals surface area contributed by atoms with E-state index in [0.717, 1.165) is 23.5 Å². The van der Waals surface area contributed by atoms with Gasteiger partial charge >= 0.3 is 0 Å². The summed E-state index contributed by atoms with van der Waals surface area (Å²) in [6, 6.07) is 5.45. The van der Waals surface area contributed by atoms with Crippen LogP contribution in [0.5, 0.6) is 5.88 Å². The summed E-state index contributed by atoms with van der Waals surface area (Å²) in [5, 5.41) is 7.98. The van der Waals surface area contributed by atoms with Crippen LogP contribution in [-0.2, 0) is 9.53 Å². The number of amides is 1. The Hall–Kier alpha value is -3.87. The number of nitrogens with one attached hydrogen (secondary N) is 2. The number of carbonyl (C=O) groups excluding carboxylic acids is 1. The summed E-state index contributed by atoms with van der Waals surface area (Å²) in [5.74, 6) is 0.362. The molecule has 0 spiro atoms. The van der Waals surface area contributed by atoms with Crippen LogP contribution in [0.2, 0.25) is 0 Å². The lowest BCUT2D eigenvalue weighted by molar-refractivity contribution is -0.121. The van der Waals surface area contributed by atoms with Crippen molar-refractivity contribution in [3.8, 4) is 16.3 Å². The molecule has 0 saturated carbocycles. The number of nitrogens with zero attached hydrogens (tertiary/aromatic N) is 5. The number of thiazole rings is 1. The number of aromatic amines is 1. The highest BCUT2D eigenvalue weighted by atomic mass is 32.1. The Balaban J connectivity index is 1.29. The van der Waals surface area contributed by atoms with E-state index in [1.807, 2.05) is 30.2 Å². The molecular formula is C24H23N7O4S. The summed E-state index contributed by atoms with van der Waals surface area (Å²) in [6.07, 6.45) is 5.30. The number of rotatable bonds is 7. The average molecular weight is 506 g/mol. The van der Waals surface area contributed by atoms with Gasteiger partial charge in [-0.25, -0.2) is 9.50 Å². The molecule has 1 fully saturated rings. The maximum absolute atomic E-state index is 13.1. The molecule has 11 nitrogen and oxygen atoms in total. The van der Waals surface area contributed by atoms with Crippen molar-refractivity contribution in [2.24, 2.45) is 0 Å². The van der Waals surface area contributed by atoms with Crippen molar-refractivity contribution in [1.82, 2.24) is 29.5 Å². The summed E-state index contributed by atoms with van der Waals surface area (Å²) in [6.45, 7) is 4.40. The van der Waals surface area contributed by atoms with Gasteiger partial charge in [0.05, 0.1) is 47.6 Å². The molecule has 5 aromatic heterocycles. The molecule has 0 unspecified atom stereocenters. The van der Waals surface area contributed by atoms with Gasteiger partial charge in [0.15, 0.2) is 0 Å². The van der Waals surface area contributed by atoms with E-state index < -0.39 is 0 Å². The van der Waals surface area contributed by atoms with E-state index in [1.54, 1.807) is 30.1 Å². The minimum atomic E-state index is -0.271. The van der Waals surface area contributed by atoms with Gasteiger partial charge in [-0.1, -0.05) is 0 Å². The minimum Gasteiger partial charge on any atom is -0.481 e. The van der Waals surface area contributed by atoms with Crippen molar-refractivity contribution in [3.05, 3.63) is 47.1 Å². The zero-order chi connectivity index (χ0) is 24.8. The van der Waals surface area contributed by atoms with Crippen LogP contribution in [0.1, 0.15) is 6.92 Å².